The van der Waals surface area contributed by atoms with E-state index in [0.717, 1.165) is 38.5 Å². The quantitative estimate of drug-likeness (QED) is 0.769. The first-order valence-electron chi connectivity index (χ1n) is 9.39. The van der Waals surface area contributed by atoms with Crippen LogP contribution in [-0.2, 0) is 9.53 Å². The first-order chi connectivity index (χ1) is 12.1. The molecule has 138 valence electrons. The van der Waals surface area contributed by atoms with Crippen molar-refractivity contribution in [2.45, 2.75) is 51.5 Å². The van der Waals surface area contributed by atoms with Gasteiger partial charge in [-0.3, -0.25) is 4.79 Å². The molecule has 1 saturated heterocycles. The second kappa shape index (κ2) is 8.13. The molecule has 1 aromatic rings. The van der Waals surface area contributed by atoms with Crippen LogP contribution in [0.3, 0.4) is 0 Å². The molecule has 5 nitrogen and oxygen atoms in total. The molecule has 0 radical (unpaired) electrons. The van der Waals surface area contributed by atoms with Crippen LogP contribution in [0, 0.1) is 11.2 Å². The van der Waals surface area contributed by atoms with Crippen LogP contribution in [0.4, 0.5) is 10.2 Å². The van der Waals surface area contributed by atoms with E-state index in [1.165, 1.54) is 6.07 Å². The van der Waals surface area contributed by atoms with Gasteiger partial charge in [-0.15, -0.1) is 0 Å². The number of ether oxygens (including phenoxy) is 1. The highest BCUT2D eigenvalue weighted by Gasteiger charge is 2.42. The van der Waals surface area contributed by atoms with Gasteiger partial charge in [-0.1, -0.05) is 12.8 Å². The molecule has 0 aromatic carbocycles. The highest BCUT2D eigenvalue weighted by atomic mass is 19.1. The first-order valence-corrected chi connectivity index (χ1v) is 9.39. The average molecular weight is 349 g/mol. The highest BCUT2D eigenvalue weighted by Crippen LogP contribution is 2.41. The molecule has 2 heterocycles. The topological polar surface area (TPSA) is 54.5 Å². The number of halogens is 1. The molecule has 1 saturated carbocycles. The third-order valence-corrected chi connectivity index (χ3v) is 5.53. The Morgan fingerprint density at radius 3 is 3.00 bits per heavy atom. The van der Waals surface area contributed by atoms with Crippen LogP contribution in [0.15, 0.2) is 18.3 Å². The number of aromatic nitrogens is 1. The molecule has 1 N–H and O–H groups in total. The molecule has 0 spiro atoms. The van der Waals surface area contributed by atoms with Crippen LogP contribution in [0.1, 0.15) is 45.4 Å². The number of carbonyl (C=O) groups excluding carboxylic acids is 1. The van der Waals surface area contributed by atoms with Crippen molar-refractivity contribution in [3.05, 3.63) is 24.1 Å². The van der Waals surface area contributed by atoms with Crippen LogP contribution < -0.4 is 10.2 Å². The van der Waals surface area contributed by atoms with Gasteiger partial charge in [0.1, 0.15) is 0 Å². The van der Waals surface area contributed by atoms with Crippen molar-refractivity contribution < 1.29 is 13.9 Å². The van der Waals surface area contributed by atoms with E-state index in [9.17, 15) is 9.18 Å². The lowest BCUT2D eigenvalue weighted by Gasteiger charge is -2.29. The Bertz CT molecular complexity index is 590. The summed E-state index contributed by atoms with van der Waals surface area (Å²) in [6.45, 7) is 4.63. The smallest absolute Gasteiger partial charge is 0.226 e. The molecule has 25 heavy (non-hydrogen) atoms. The third kappa shape index (κ3) is 4.11. The summed E-state index contributed by atoms with van der Waals surface area (Å²) >= 11 is 0. The maximum Gasteiger partial charge on any atom is 0.226 e. The van der Waals surface area contributed by atoms with Gasteiger partial charge in [0.05, 0.1) is 5.41 Å². The lowest BCUT2D eigenvalue weighted by Crippen LogP contribution is -2.46. The average Bonchev–Trinajstić information content (AvgIpc) is 3.26. The molecule has 3 rings (SSSR count). The van der Waals surface area contributed by atoms with Gasteiger partial charge in [0, 0.05) is 38.5 Å². The molecule has 1 aromatic heterocycles. The van der Waals surface area contributed by atoms with Gasteiger partial charge in [-0.25, -0.2) is 9.37 Å². The summed E-state index contributed by atoms with van der Waals surface area (Å²) in [5.41, 5.74) is -0.279. The number of amides is 1. The second-order valence-electron chi connectivity index (χ2n) is 7.15. The Kier molecular flexibility index (Phi) is 5.89. The molecule has 2 fully saturated rings. The molecule has 6 heteroatoms. The van der Waals surface area contributed by atoms with E-state index in [1.807, 2.05) is 11.8 Å². The standard InChI is InChI=1S/C19H28FN3O2/c1-2-25-13-10-19(8-3-4-9-19)18(24)22-15-7-12-23(14-15)17-16(20)6-5-11-21-17/h5-6,11,15H,2-4,7-10,12-14H2,1H3,(H,22,24). The van der Waals surface area contributed by atoms with Crippen molar-refractivity contribution >= 4 is 11.7 Å². The number of carbonyl (C=O) groups is 1. The van der Waals surface area contributed by atoms with Crippen molar-refractivity contribution in [2.24, 2.45) is 5.41 Å². The highest BCUT2D eigenvalue weighted by molar-refractivity contribution is 5.83. The van der Waals surface area contributed by atoms with Crippen LogP contribution in [-0.4, -0.2) is 43.2 Å². The number of nitrogens with zero attached hydrogens (tertiary/aromatic N) is 2. The lowest BCUT2D eigenvalue weighted by atomic mass is 9.81. The third-order valence-electron chi connectivity index (χ3n) is 5.53. The molecule has 1 aliphatic carbocycles. The minimum Gasteiger partial charge on any atom is -0.382 e. The van der Waals surface area contributed by atoms with Gasteiger partial charge in [0.25, 0.3) is 0 Å². The molecule has 1 unspecified atom stereocenters. The summed E-state index contributed by atoms with van der Waals surface area (Å²) in [4.78, 5) is 19.0. The van der Waals surface area contributed by atoms with Crippen molar-refractivity contribution in [3.8, 4) is 0 Å². The fourth-order valence-electron chi connectivity index (χ4n) is 4.07. The van der Waals surface area contributed by atoms with Crippen LogP contribution in [0.2, 0.25) is 0 Å². The van der Waals surface area contributed by atoms with E-state index in [0.29, 0.717) is 32.1 Å². The monoisotopic (exact) mass is 349 g/mol. The lowest BCUT2D eigenvalue weighted by molar-refractivity contribution is -0.132. The van der Waals surface area contributed by atoms with Gasteiger partial charge in [0.15, 0.2) is 11.6 Å². The number of rotatable bonds is 7. The number of nitrogens with one attached hydrogen (secondary N) is 1. The van der Waals surface area contributed by atoms with Crippen molar-refractivity contribution in [1.29, 1.82) is 0 Å². The SMILES string of the molecule is CCOCCC1(C(=O)NC2CCN(c3ncccc3F)C2)CCCC1. The first kappa shape index (κ1) is 18.1. The normalized spacial score (nSPS) is 22.3. The summed E-state index contributed by atoms with van der Waals surface area (Å²) in [6, 6.07) is 3.07. The van der Waals surface area contributed by atoms with E-state index in [2.05, 4.69) is 10.3 Å². The molecule has 2 aliphatic rings. The number of pyridine rings is 1. The fraction of sp³-hybridized carbons (Fsp3) is 0.684. The molecule has 1 amide bonds. The molecule has 0 bridgehead atoms. The Balaban J connectivity index is 1.58. The van der Waals surface area contributed by atoms with Crippen molar-refractivity contribution in [1.82, 2.24) is 10.3 Å². The van der Waals surface area contributed by atoms with E-state index in [4.69, 9.17) is 4.74 Å². The summed E-state index contributed by atoms with van der Waals surface area (Å²) in [7, 11) is 0. The predicted molar refractivity (Wildman–Crippen MR) is 95.0 cm³/mol. The van der Waals surface area contributed by atoms with E-state index in [1.54, 1.807) is 12.3 Å². The van der Waals surface area contributed by atoms with Crippen LogP contribution in [0.5, 0.6) is 0 Å². The minimum atomic E-state index is -0.307. The number of anilines is 1. The van der Waals surface area contributed by atoms with Crippen LogP contribution >= 0.6 is 0 Å². The molecule has 1 aliphatic heterocycles. The maximum atomic E-state index is 13.9. The Morgan fingerprint density at radius 2 is 2.28 bits per heavy atom. The van der Waals surface area contributed by atoms with Gasteiger partial charge in [-0.05, 0) is 44.7 Å². The van der Waals surface area contributed by atoms with Crippen molar-refractivity contribution in [2.75, 3.05) is 31.2 Å². The number of hydrogen-bond acceptors (Lipinski definition) is 4. The van der Waals surface area contributed by atoms with Gasteiger partial charge in [0.2, 0.25) is 5.91 Å². The summed E-state index contributed by atoms with van der Waals surface area (Å²) < 4.78 is 19.4. The zero-order valence-corrected chi connectivity index (χ0v) is 15.0. The summed E-state index contributed by atoms with van der Waals surface area (Å²) in [5, 5.41) is 3.22. The van der Waals surface area contributed by atoms with Gasteiger partial charge < -0.3 is 15.0 Å². The van der Waals surface area contributed by atoms with E-state index >= 15 is 0 Å². The molecular weight excluding hydrogens is 321 g/mol. The Labute approximate surface area is 148 Å². The van der Waals surface area contributed by atoms with Gasteiger partial charge in [-0.2, -0.15) is 0 Å². The van der Waals surface area contributed by atoms with E-state index < -0.39 is 0 Å². The zero-order valence-electron chi connectivity index (χ0n) is 15.0. The maximum absolute atomic E-state index is 13.9. The summed E-state index contributed by atoms with van der Waals surface area (Å²) in [6.07, 6.45) is 7.31. The molecule has 1 atom stereocenters. The second-order valence-corrected chi connectivity index (χ2v) is 7.15. The molecular formula is C19H28FN3O2. The Morgan fingerprint density at radius 1 is 1.48 bits per heavy atom. The van der Waals surface area contributed by atoms with E-state index in [-0.39, 0.29) is 23.2 Å². The van der Waals surface area contributed by atoms with Crippen molar-refractivity contribution in [3.63, 3.8) is 0 Å². The van der Waals surface area contributed by atoms with Gasteiger partial charge >= 0.3 is 0 Å². The predicted octanol–water partition coefficient (Wildman–Crippen LogP) is 2.90. The Hall–Kier alpha value is -1.69. The summed E-state index contributed by atoms with van der Waals surface area (Å²) in [5.74, 6) is 0.225. The minimum absolute atomic E-state index is 0.0541. The fourth-order valence-corrected chi connectivity index (χ4v) is 4.07. The zero-order chi connectivity index (χ0) is 17.7. The van der Waals surface area contributed by atoms with Crippen LogP contribution in [0.25, 0.3) is 0 Å². The number of hydrogen-bond donors (Lipinski definition) is 1. The largest absolute Gasteiger partial charge is 0.382 e.